The lowest BCUT2D eigenvalue weighted by molar-refractivity contribution is -0.126. The number of imidazole rings is 1. The molecule has 0 radical (unpaired) electrons. The van der Waals surface area contributed by atoms with Gasteiger partial charge in [0.2, 0.25) is 5.91 Å². The van der Waals surface area contributed by atoms with Crippen LogP contribution >= 0.6 is 0 Å². The molecule has 0 saturated carbocycles. The van der Waals surface area contributed by atoms with Crippen LogP contribution in [0.15, 0.2) is 18.7 Å². The van der Waals surface area contributed by atoms with Crippen molar-refractivity contribution >= 4 is 5.91 Å². The van der Waals surface area contributed by atoms with Crippen molar-refractivity contribution in [1.29, 1.82) is 0 Å². The number of rotatable bonds is 6. The third-order valence-electron chi connectivity index (χ3n) is 2.95. The van der Waals surface area contributed by atoms with Crippen molar-refractivity contribution in [3.8, 4) is 0 Å². The summed E-state index contributed by atoms with van der Waals surface area (Å²) in [5.41, 5.74) is 5.82. The fourth-order valence-corrected chi connectivity index (χ4v) is 2.14. The smallest absolute Gasteiger partial charge is 0.224 e. The van der Waals surface area contributed by atoms with Crippen LogP contribution < -0.4 is 11.1 Å². The molecule has 2 unspecified atom stereocenters. The van der Waals surface area contributed by atoms with Gasteiger partial charge in [0, 0.05) is 31.5 Å². The maximum absolute atomic E-state index is 12.2. The standard InChI is InChI=1S/C14H26N4O/c1-11(9-18-6-5-16-10-18)17-13(19)12(8-15)7-14(2,3)4/h5-6,10-12H,7-9,15H2,1-4H3,(H,17,19). The predicted octanol–water partition coefficient (Wildman–Crippen LogP) is 1.40. The zero-order valence-electron chi connectivity index (χ0n) is 12.4. The molecule has 3 N–H and O–H groups in total. The Bertz CT molecular complexity index is 381. The van der Waals surface area contributed by atoms with Gasteiger partial charge in [-0.25, -0.2) is 4.98 Å². The van der Waals surface area contributed by atoms with Gasteiger partial charge in [0.05, 0.1) is 12.2 Å². The minimum Gasteiger partial charge on any atom is -0.352 e. The zero-order valence-corrected chi connectivity index (χ0v) is 12.4. The molecule has 0 bridgehead atoms. The van der Waals surface area contributed by atoms with Gasteiger partial charge in [0.15, 0.2) is 0 Å². The Morgan fingerprint density at radius 1 is 1.47 bits per heavy atom. The lowest BCUT2D eigenvalue weighted by Crippen LogP contribution is -2.42. The number of nitrogens with one attached hydrogen (secondary N) is 1. The van der Waals surface area contributed by atoms with Crippen molar-refractivity contribution in [2.75, 3.05) is 6.54 Å². The van der Waals surface area contributed by atoms with Crippen molar-refractivity contribution < 1.29 is 4.79 Å². The van der Waals surface area contributed by atoms with E-state index >= 15 is 0 Å². The molecule has 1 aromatic heterocycles. The van der Waals surface area contributed by atoms with E-state index in [1.165, 1.54) is 0 Å². The summed E-state index contributed by atoms with van der Waals surface area (Å²) in [6.45, 7) is 9.47. The highest BCUT2D eigenvalue weighted by Gasteiger charge is 2.24. The number of carbonyl (C=O) groups is 1. The van der Waals surface area contributed by atoms with Crippen molar-refractivity contribution in [2.24, 2.45) is 17.1 Å². The molecule has 0 fully saturated rings. The minimum absolute atomic E-state index is 0.0463. The highest BCUT2D eigenvalue weighted by Crippen LogP contribution is 2.24. The fraction of sp³-hybridized carbons (Fsp3) is 0.714. The number of nitrogens with zero attached hydrogens (tertiary/aromatic N) is 2. The zero-order chi connectivity index (χ0) is 14.5. The Morgan fingerprint density at radius 3 is 2.63 bits per heavy atom. The van der Waals surface area contributed by atoms with Crippen LogP contribution in [0.1, 0.15) is 34.1 Å². The molecular formula is C14H26N4O. The van der Waals surface area contributed by atoms with E-state index in [9.17, 15) is 4.79 Å². The van der Waals surface area contributed by atoms with E-state index in [4.69, 9.17) is 5.73 Å². The second kappa shape index (κ2) is 6.70. The summed E-state index contributed by atoms with van der Waals surface area (Å²) in [5, 5.41) is 3.02. The van der Waals surface area contributed by atoms with Gasteiger partial charge in [0.1, 0.15) is 0 Å². The van der Waals surface area contributed by atoms with Crippen LogP contribution in [0.5, 0.6) is 0 Å². The van der Waals surface area contributed by atoms with Crippen LogP contribution in [0.25, 0.3) is 0 Å². The second-order valence-corrected chi connectivity index (χ2v) is 6.37. The summed E-state index contributed by atoms with van der Waals surface area (Å²) in [4.78, 5) is 16.2. The fourth-order valence-electron chi connectivity index (χ4n) is 2.14. The first-order chi connectivity index (χ1) is 8.81. The minimum atomic E-state index is -0.120. The lowest BCUT2D eigenvalue weighted by Gasteiger charge is -2.25. The molecule has 0 aliphatic rings. The molecule has 0 saturated heterocycles. The van der Waals surface area contributed by atoms with Crippen LogP contribution in [0.2, 0.25) is 0 Å². The molecule has 1 amide bonds. The van der Waals surface area contributed by atoms with Crippen LogP contribution in [0, 0.1) is 11.3 Å². The summed E-state index contributed by atoms with van der Waals surface area (Å²) in [7, 11) is 0. The summed E-state index contributed by atoms with van der Waals surface area (Å²) >= 11 is 0. The van der Waals surface area contributed by atoms with Crippen molar-refractivity contribution in [2.45, 2.75) is 46.7 Å². The molecule has 19 heavy (non-hydrogen) atoms. The van der Waals surface area contributed by atoms with Gasteiger partial charge in [-0.3, -0.25) is 4.79 Å². The molecule has 2 atom stereocenters. The molecule has 0 spiro atoms. The quantitative estimate of drug-likeness (QED) is 0.817. The summed E-state index contributed by atoms with van der Waals surface area (Å²) in [5.74, 6) is -0.0738. The SMILES string of the molecule is CC(Cn1ccnc1)NC(=O)C(CN)CC(C)(C)C. The average molecular weight is 266 g/mol. The van der Waals surface area contributed by atoms with Gasteiger partial charge < -0.3 is 15.6 Å². The van der Waals surface area contributed by atoms with Gasteiger partial charge in [-0.15, -0.1) is 0 Å². The van der Waals surface area contributed by atoms with Crippen LogP contribution in [0.3, 0.4) is 0 Å². The maximum atomic E-state index is 12.2. The van der Waals surface area contributed by atoms with E-state index in [2.05, 4.69) is 31.1 Å². The highest BCUT2D eigenvalue weighted by molar-refractivity contribution is 5.79. The lowest BCUT2D eigenvalue weighted by atomic mass is 9.84. The second-order valence-electron chi connectivity index (χ2n) is 6.37. The Kier molecular flexibility index (Phi) is 5.54. The van der Waals surface area contributed by atoms with E-state index in [1.54, 1.807) is 12.5 Å². The number of nitrogens with two attached hydrogens (primary N) is 1. The molecule has 0 aromatic carbocycles. The Balaban J connectivity index is 2.47. The Morgan fingerprint density at radius 2 is 2.16 bits per heavy atom. The van der Waals surface area contributed by atoms with Gasteiger partial charge in [0.25, 0.3) is 0 Å². The summed E-state index contributed by atoms with van der Waals surface area (Å²) < 4.78 is 1.95. The molecular weight excluding hydrogens is 240 g/mol. The van der Waals surface area contributed by atoms with Gasteiger partial charge >= 0.3 is 0 Å². The predicted molar refractivity (Wildman–Crippen MR) is 76.4 cm³/mol. The Hall–Kier alpha value is -1.36. The first-order valence-corrected chi connectivity index (χ1v) is 6.78. The third-order valence-corrected chi connectivity index (χ3v) is 2.95. The molecule has 5 nitrogen and oxygen atoms in total. The van der Waals surface area contributed by atoms with Gasteiger partial charge in [-0.1, -0.05) is 20.8 Å². The van der Waals surface area contributed by atoms with Gasteiger partial charge in [-0.2, -0.15) is 0 Å². The monoisotopic (exact) mass is 266 g/mol. The average Bonchev–Trinajstić information content (AvgIpc) is 2.76. The normalized spacial score (nSPS) is 15.0. The number of hydrogen-bond donors (Lipinski definition) is 2. The molecule has 0 aliphatic carbocycles. The number of amides is 1. The van der Waals surface area contributed by atoms with E-state index in [1.807, 2.05) is 17.7 Å². The van der Waals surface area contributed by atoms with Crippen LogP contribution in [-0.4, -0.2) is 28.0 Å². The van der Waals surface area contributed by atoms with Crippen molar-refractivity contribution in [1.82, 2.24) is 14.9 Å². The molecule has 108 valence electrons. The summed E-state index contributed by atoms with van der Waals surface area (Å²) in [6, 6.07) is 0.0655. The van der Waals surface area contributed by atoms with E-state index in [0.717, 1.165) is 13.0 Å². The summed E-state index contributed by atoms with van der Waals surface area (Å²) in [6.07, 6.45) is 6.17. The maximum Gasteiger partial charge on any atom is 0.224 e. The largest absolute Gasteiger partial charge is 0.352 e. The molecule has 0 aliphatic heterocycles. The number of hydrogen-bond acceptors (Lipinski definition) is 3. The van der Waals surface area contributed by atoms with E-state index in [-0.39, 0.29) is 23.3 Å². The first kappa shape index (κ1) is 15.7. The number of aromatic nitrogens is 2. The molecule has 5 heteroatoms. The van der Waals surface area contributed by atoms with Crippen LogP contribution in [-0.2, 0) is 11.3 Å². The van der Waals surface area contributed by atoms with Crippen molar-refractivity contribution in [3.05, 3.63) is 18.7 Å². The topological polar surface area (TPSA) is 72.9 Å². The third kappa shape index (κ3) is 5.87. The first-order valence-electron chi connectivity index (χ1n) is 6.78. The number of carbonyl (C=O) groups excluding carboxylic acids is 1. The van der Waals surface area contributed by atoms with Crippen molar-refractivity contribution in [3.63, 3.8) is 0 Å². The van der Waals surface area contributed by atoms with Crippen LogP contribution in [0.4, 0.5) is 0 Å². The Labute approximate surface area is 115 Å². The van der Waals surface area contributed by atoms with E-state index in [0.29, 0.717) is 6.54 Å². The highest BCUT2D eigenvalue weighted by atomic mass is 16.1. The van der Waals surface area contributed by atoms with E-state index < -0.39 is 0 Å². The molecule has 1 aromatic rings. The van der Waals surface area contributed by atoms with Gasteiger partial charge in [-0.05, 0) is 18.8 Å². The molecule has 1 rings (SSSR count). The molecule has 1 heterocycles.